The predicted octanol–water partition coefficient (Wildman–Crippen LogP) is 3.51. The third kappa shape index (κ3) is 2.93. The van der Waals surface area contributed by atoms with Crippen molar-refractivity contribution in [2.45, 2.75) is 6.42 Å². The zero-order valence-corrected chi connectivity index (χ0v) is 13.2. The minimum atomic E-state index is 0.750. The molecule has 0 aliphatic carbocycles. The lowest BCUT2D eigenvalue weighted by Gasteiger charge is -2.06. The van der Waals surface area contributed by atoms with E-state index in [2.05, 4.69) is 44.9 Å². The van der Waals surface area contributed by atoms with E-state index in [1.807, 2.05) is 35.0 Å². The highest BCUT2D eigenvalue weighted by Gasteiger charge is 2.10. The van der Waals surface area contributed by atoms with Crippen molar-refractivity contribution in [1.29, 1.82) is 0 Å². The molecule has 3 aromatic heterocycles. The van der Waals surface area contributed by atoms with Crippen LogP contribution in [-0.4, -0.2) is 26.4 Å². The average molecular weight is 321 g/mol. The Morgan fingerprint density at radius 2 is 1.91 bits per heavy atom. The van der Waals surface area contributed by atoms with Crippen LogP contribution in [0.3, 0.4) is 0 Å². The van der Waals surface area contributed by atoms with Crippen molar-refractivity contribution in [3.8, 4) is 11.4 Å². The normalized spacial score (nSPS) is 11.0. The Morgan fingerprint density at radius 1 is 1.00 bits per heavy atom. The smallest absolute Gasteiger partial charge is 0.186 e. The molecule has 4 aromatic rings. The molecule has 114 valence electrons. The van der Waals surface area contributed by atoms with Crippen molar-refractivity contribution < 1.29 is 0 Å². The molecule has 0 aliphatic rings. The van der Waals surface area contributed by atoms with Crippen LogP contribution in [0.25, 0.3) is 17.0 Å². The fraction of sp³-hybridized carbons (Fsp3) is 0.118. The van der Waals surface area contributed by atoms with Crippen LogP contribution >= 0.6 is 11.3 Å². The van der Waals surface area contributed by atoms with Crippen molar-refractivity contribution in [3.05, 3.63) is 64.9 Å². The minimum Gasteiger partial charge on any atom is -0.368 e. The molecule has 0 spiro atoms. The van der Waals surface area contributed by atoms with Gasteiger partial charge in [-0.3, -0.25) is 0 Å². The summed E-state index contributed by atoms with van der Waals surface area (Å²) in [6.45, 7) is 0.832. The Hall–Kier alpha value is -2.73. The van der Waals surface area contributed by atoms with Crippen molar-refractivity contribution in [2.75, 3.05) is 11.9 Å². The monoisotopic (exact) mass is 321 g/mol. The highest BCUT2D eigenvalue weighted by Crippen LogP contribution is 2.20. The second-order valence-electron chi connectivity index (χ2n) is 5.19. The van der Waals surface area contributed by atoms with Gasteiger partial charge in [-0.1, -0.05) is 30.3 Å². The Balaban J connectivity index is 1.53. The molecule has 0 fully saturated rings. The van der Waals surface area contributed by atoms with E-state index in [1.165, 1.54) is 5.56 Å². The van der Waals surface area contributed by atoms with Crippen molar-refractivity contribution >= 4 is 22.8 Å². The van der Waals surface area contributed by atoms with Crippen LogP contribution in [0.5, 0.6) is 0 Å². The van der Waals surface area contributed by atoms with Crippen molar-refractivity contribution in [2.24, 2.45) is 0 Å². The second kappa shape index (κ2) is 6.18. The maximum Gasteiger partial charge on any atom is 0.186 e. The Labute approximate surface area is 137 Å². The molecule has 0 unspecified atom stereocenters. The topological polar surface area (TPSA) is 55.1 Å². The zero-order chi connectivity index (χ0) is 15.5. The first-order chi connectivity index (χ1) is 11.4. The van der Waals surface area contributed by atoms with Gasteiger partial charge in [0.05, 0.1) is 0 Å². The molecule has 1 aromatic carbocycles. The molecule has 6 heteroatoms. The van der Waals surface area contributed by atoms with E-state index in [4.69, 9.17) is 0 Å². The first-order valence-corrected chi connectivity index (χ1v) is 8.37. The standard InChI is InChI=1S/C17H15N5S/c1-2-4-13(5-3-1)8-10-18-15-6-7-16-19-20-17(22(16)21-15)14-9-11-23-12-14/h1-7,9,11-12H,8,10H2,(H,18,21). The van der Waals surface area contributed by atoms with E-state index in [-0.39, 0.29) is 0 Å². The van der Waals surface area contributed by atoms with Gasteiger partial charge in [-0.05, 0) is 35.6 Å². The molecule has 4 rings (SSSR count). The van der Waals surface area contributed by atoms with Gasteiger partial charge in [-0.25, -0.2) is 0 Å². The first kappa shape index (κ1) is 13.9. The SMILES string of the molecule is c1ccc(CCNc2ccc3nnc(-c4ccsc4)n3n2)cc1. The summed E-state index contributed by atoms with van der Waals surface area (Å²) in [5.41, 5.74) is 3.10. The molecule has 0 aliphatic heterocycles. The summed E-state index contributed by atoms with van der Waals surface area (Å²) in [5, 5.41) is 20.5. The summed E-state index contributed by atoms with van der Waals surface area (Å²) in [7, 11) is 0. The van der Waals surface area contributed by atoms with Gasteiger partial charge in [-0.15, -0.1) is 15.3 Å². The number of benzene rings is 1. The molecular formula is C17H15N5S. The Bertz CT molecular complexity index is 899. The van der Waals surface area contributed by atoms with E-state index in [0.29, 0.717) is 0 Å². The van der Waals surface area contributed by atoms with Crippen molar-refractivity contribution in [1.82, 2.24) is 19.8 Å². The van der Waals surface area contributed by atoms with Gasteiger partial charge in [-0.2, -0.15) is 15.9 Å². The van der Waals surface area contributed by atoms with Crippen LogP contribution < -0.4 is 5.32 Å². The van der Waals surface area contributed by atoms with Crippen LogP contribution in [0.15, 0.2) is 59.3 Å². The summed E-state index contributed by atoms with van der Waals surface area (Å²) >= 11 is 1.64. The summed E-state index contributed by atoms with van der Waals surface area (Å²) in [4.78, 5) is 0. The van der Waals surface area contributed by atoms with Gasteiger partial charge in [0.25, 0.3) is 0 Å². The van der Waals surface area contributed by atoms with Crippen LogP contribution in [0.4, 0.5) is 5.82 Å². The third-order valence-electron chi connectivity index (χ3n) is 3.60. The molecule has 0 saturated carbocycles. The summed E-state index contributed by atoms with van der Waals surface area (Å²) < 4.78 is 1.78. The van der Waals surface area contributed by atoms with Crippen molar-refractivity contribution in [3.63, 3.8) is 0 Å². The number of aromatic nitrogens is 4. The number of rotatable bonds is 5. The summed E-state index contributed by atoms with van der Waals surface area (Å²) in [6.07, 6.45) is 0.958. The lowest BCUT2D eigenvalue weighted by Crippen LogP contribution is -2.08. The molecule has 0 amide bonds. The van der Waals surface area contributed by atoms with Crippen LogP contribution in [0.1, 0.15) is 5.56 Å². The number of thiophene rings is 1. The average Bonchev–Trinajstić information content (AvgIpc) is 3.24. The zero-order valence-electron chi connectivity index (χ0n) is 12.4. The molecule has 1 N–H and O–H groups in total. The van der Waals surface area contributed by atoms with E-state index >= 15 is 0 Å². The molecule has 23 heavy (non-hydrogen) atoms. The number of nitrogens with zero attached hydrogens (tertiary/aromatic N) is 4. The third-order valence-corrected chi connectivity index (χ3v) is 4.29. The number of nitrogens with one attached hydrogen (secondary N) is 1. The van der Waals surface area contributed by atoms with E-state index < -0.39 is 0 Å². The molecule has 0 saturated heterocycles. The molecule has 0 radical (unpaired) electrons. The van der Waals surface area contributed by atoms with E-state index in [1.54, 1.807) is 15.9 Å². The van der Waals surface area contributed by atoms with Gasteiger partial charge in [0, 0.05) is 17.5 Å². The number of hydrogen-bond acceptors (Lipinski definition) is 5. The largest absolute Gasteiger partial charge is 0.368 e. The van der Waals surface area contributed by atoms with Crippen LogP contribution in [0.2, 0.25) is 0 Å². The summed E-state index contributed by atoms with van der Waals surface area (Å²) in [6, 6.07) is 16.3. The molecule has 0 atom stereocenters. The number of fused-ring (bicyclic) bond motifs is 1. The predicted molar refractivity (Wildman–Crippen MR) is 92.7 cm³/mol. The van der Waals surface area contributed by atoms with Gasteiger partial charge in [0.2, 0.25) is 0 Å². The van der Waals surface area contributed by atoms with Gasteiger partial charge >= 0.3 is 0 Å². The first-order valence-electron chi connectivity index (χ1n) is 7.43. The highest BCUT2D eigenvalue weighted by atomic mass is 32.1. The number of anilines is 1. The quantitative estimate of drug-likeness (QED) is 0.611. The fourth-order valence-electron chi connectivity index (χ4n) is 2.43. The fourth-order valence-corrected chi connectivity index (χ4v) is 3.07. The van der Waals surface area contributed by atoms with Gasteiger partial charge < -0.3 is 5.32 Å². The maximum absolute atomic E-state index is 4.61. The van der Waals surface area contributed by atoms with Crippen LogP contribution in [-0.2, 0) is 6.42 Å². The Morgan fingerprint density at radius 3 is 2.74 bits per heavy atom. The number of hydrogen-bond donors (Lipinski definition) is 1. The van der Waals surface area contributed by atoms with E-state index in [0.717, 1.165) is 35.8 Å². The minimum absolute atomic E-state index is 0.750. The molecular weight excluding hydrogens is 306 g/mol. The second-order valence-corrected chi connectivity index (χ2v) is 5.97. The maximum atomic E-state index is 4.61. The molecule has 0 bridgehead atoms. The summed E-state index contributed by atoms with van der Waals surface area (Å²) in [5.74, 6) is 1.60. The molecule has 3 heterocycles. The molecule has 5 nitrogen and oxygen atoms in total. The van der Waals surface area contributed by atoms with E-state index in [9.17, 15) is 0 Å². The Kier molecular flexibility index (Phi) is 3.73. The lowest BCUT2D eigenvalue weighted by atomic mass is 10.1. The van der Waals surface area contributed by atoms with Gasteiger partial charge in [0.1, 0.15) is 5.82 Å². The highest BCUT2D eigenvalue weighted by molar-refractivity contribution is 7.08. The van der Waals surface area contributed by atoms with Crippen LogP contribution in [0, 0.1) is 0 Å². The van der Waals surface area contributed by atoms with Gasteiger partial charge in [0.15, 0.2) is 11.5 Å². The lowest BCUT2D eigenvalue weighted by molar-refractivity contribution is 0.916.